The molecule has 2 N–H and O–H groups in total. The van der Waals surface area contributed by atoms with Crippen LogP contribution in [0.5, 0.6) is 5.88 Å². The molecule has 0 aliphatic rings. The lowest BCUT2D eigenvalue weighted by Crippen LogP contribution is -1.98. The molecule has 4 heteroatoms. The van der Waals surface area contributed by atoms with Gasteiger partial charge in [0.25, 0.3) is 0 Å². The predicted molar refractivity (Wildman–Crippen MR) is 93.3 cm³/mol. The van der Waals surface area contributed by atoms with Gasteiger partial charge in [0.15, 0.2) is 0 Å². The summed E-state index contributed by atoms with van der Waals surface area (Å²) in [4.78, 5) is 4.35. The van der Waals surface area contributed by atoms with Crippen molar-refractivity contribution in [3.63, 3.8) is 0 Å². The van der Waals surface area contributed by atoms with Crippen molar-refractivity contribution in [2.75, 3.05) is 0 Å². The van der Waals surface area contributed by atoms with Crippen LogP contribution >= 0.6 is 11.6 Å². The molecule has 3 rings (SSSR count). The molecule has 1 aromatic heterocycles. The summed E-state index contributed by atoms with van der Waals surface area (Å²) < 4.78 is 5.69. The summed E-state index contributed by atoms with van der Waals surface area (Å²) in [7, 11) is 0. The van der Waals surface area contributed by atoms with E-state index < -0.39 is 0 Å². The van der Waals surface area contributed by atoms with E-state index in [1.54, 1.807) is 6.20 Å². The minimum absolute atomic E-state index is 0.434. The molecule has 0 unspecified atom stereocenters. The maximum Gasteiger partial charge on any atom is 0.213 e. The molecule has 3 nitrogen and oxygen atoms in total. The average Bonchev–Trinajstić information content (AvgIpc) is 2.61. The zero-order valence-electron chi connectivity index (χ0n) is 12.6. The Bertz CT molecular complexity index is 773. The molecule has 0 radical (unpaired) electrons. The third-order valence-electron chi connectivity index (χ3n) is 3.57. The number of nitrogens with two attached hydrogens (primary N) is 1. The fourth-order valence-electron chi connectivity index (χ4n) is 2.26. The number of rotatable bonds is 5. The van der Waals surface area contributed by atoms with Gasteiger partial charge in [0.2, 0.25) is 5.88 Å². The predicted octanol–water partition coefficient (Wildman–Crippen LogP) is 4.44. The highest BCUT2D eigenvalue weighted by Gasteiger charge is 2.04. The Labute approximate surface area is 140 Å². The molecule has 23 heavy (non-hydrogen) atoms. The Morgan fingerprint density at radius 1 is 0.957 bits per heavy atom. The van der Waals surface area contributed by atoms with Crippen LogP contribution in [0, 0.1) is 0 Å². The van der Waals surface area contributed by atoms with Crippen LogP contribution in [-0.4, -0.2) is 4.98 Å². The minimum atomic E-state index is 0.434. The molecule has 0 fully saturated rings. The van der Waals surface area contributed by atoms with Gasteiger partial charge >= 0.3 is 0 Å². The number of benzene rings is 2. The molecule has 0 aliphatic heterocycles. The Kier molecular flexibility index (Phi) is 4.91. The van der Waals surface area contributed by atoms with Gasteiger partial charge in [0.05, 0.1) is 0 Å². The minimum Gasteiger partial charge on any atom is -0.473 e. The van der Waals surface area contributed by atoms with E-state index in [0.29, 0.717) is 24.1 Å². The number of ether oxygens (including phenoxy) is 1. The Hall–Kier alpha value is -2.36. The first-order chi connectivity index (χ1) is 11.3. The van der Waals surface area contributed by atoms with Crippen LogP contribution in [0.4, 0.5) is 0 Å². The van der Waals surface area contributed by atoms with Gasteiger partial charge < -0.3 is 10.5 Å². The number of hydrogen-bond donors (Lipinski definition) is 1. The van der Waals surface area contributed by atoms with Gasteiger partial charge in [0.1, 0.15) is 6.61 Å². The summed E-state index contributed by atoms with van der Waals surface area (Å²) in [5, 5.41) is 0.675. The summed E-state index contributed by atoms with van der Waals surface area (Å²) in [5.41, 5.74) is 9.67. The zero-order valence-corrected chi connectivity index (χ0v) is 13.3. The van der Waals surface area contributed by atoms with Crippen molar-refractivity contribution in [2.24, 2.45) is 5.73 Å². The van der Waals surface area contributed by atoms with E-state index in [9.17, 15) is 0 Å². The first kappa shape index (κ1) is 15.5. The Morgan fingerprint density at radius 3 is 2.39 bits per heavy atom. The molecule has 0 spiro atoms. The van der Waals surface area contributed by atoms with Crippen LogP contribution in [0.1, 0.15) is 11.1 Å². The molecular formula is C19H17ClN2O. The molecule has 1 heterocycles. The van der Waals surface area contributed by atoms with Crippen molar-refractivity contribution >= 4 is 11.6 Å². The highest BCUT2D eigenvalue weighted by atomic mass is 35.5. The first-order valence-corrected chi connectivity index (χ1v) is 7.75. The highest BCUT2D eigenvalue weighted by Crippen LogP contribution is 2.26. The largest absolute Gasteiger partial charge is 0.473 e. The third kappa shape index (κ3) is 3.89. The number of halogens is 1. The number of pyridine rings is 1. The zero-order chi connectivity index (χ0) is 16.1. The van der Waals surface area contributed by atoms with Crippen molar-refractivity contribution in [2.45, 2.75) is 13.2 Å². The van der Waals surface area contributed by atoms with E-state index in [4.69, 9.17) is 22.1 Å². The number of hydrogen-bond acceptors (Lipinski definition) is 3. The second-order valence-electron chi connectivity index (χ2n) is 5.17. The smallest absolute Gasteiger partial charge is 0.213 e. The van der Waals surface area contributed by atoms with Gasteiger partial charge in [-0.15, -0.1) is 0 Å². The van der Waals surface area contributed by atoms with E-state index in [-0.39, 0.29) is 0 Å². The van der Waals surface area contributed by atoms with Gasteiger partial charge in [-0.3, -0.25) is 0 Å². The quantitative estimate of drug-likeness (QED) is 0.754. The molecule has 2 aromatic carbocycles. The summed E-state index contributed by atoms with van der Waals surface area (Å²) in [5.74, 6) is 0.599. The van der Waals surface area contributed by atoms with E-state index in [1.165, 1.54) is 0 Å². The topological polar surface area (TPSA) is 48.1 Å². The molecule has 0 bridgehead atoms. The Morgan fingerprint density at radius 2 is 1.74 bits per heavy atom. The molecule has 0 aliphatic carbocycles. The second kappa shape index (κ2) is 7.27. The third-order valence-corrected chi connectivity index (χ3v) is 3.92. The maximum atomic E-state index is 6.20. The first-order valence-electron chi connectivity index (χ1n) is 7.38. The van der Waals surface area contributed by atoms with Crippen LogP contribution in [0.25, 0.3) is 11.1 Å². The molecule has 0 amide bonds. The monoisotopic (exact) mass is 324 g/mol. The molecule has 0 atom stereocenters. The van der Waals surface area contributed by atoms with Gasteiger partial charge in [-0.05, 0) is 28.8 Å². The fraction of sp³-hybridized carbons (Fsp3) is 0.105. The Balaban J connectivity index is 1.70. The molecule has 116 valence electrons. The van der Waals surface area contributed by atoms with Crippen LogP contribution in [-0.2, 0) is 13.2 Å². The van der Waals surface area contributed by atoms with Crippen molar-refractivity contribution in [3.8, 4) is 17.0 Å². The molecule has 3 aromatic rings. The molecular weight excluding hydrogens is 308 g/mol. The summed E-state index contributed by atoms with van der Waals surface area (Å²) in [6.45, 7) is 0.938. The van der Waals surface area contributed by atoms with Crippen LogP contribution < -0.4 is 10.5 Å². The maximum absolute atomic E-state index is 6.20. The normalized spacial score (nSPS) is 10.5. The highest BCUT2D eigenvalue weighted by molar-refractivity contribution is 6.31. The fourth-order valence-corrected chi connectivity index (χ4v) is 2.52. The summed E-state index contributed by atoms with van der Waals surface area (Å²) in [6.07, 6.45) is 1.79. The van der Waals surface area contributed by atoms with Crippen LogP contribution in [0.15, 0.2) is 66.9 Å². The van der Waals surface area contributed by atoms with Crippen LogP contribution in [0.3, 0.4) is 0 Å². The summed E-state index contributed by atoms with van der Waals surface area (Å²) in [6, 6.07) is 19.7. The van der Waals surface area contributed by atoms with E-state index >= 15 is 0 Å². The van der Waals surface area contributed by atoms with Crippen LogP contribution in [0.2, 0.25) is 5.02 Å². The standard InChI is InChI=1S/C19H17ClN2O/c20-18-10-15(6-7-16(18)11-21)17-8-9-19(22-12-17)23-13-14-4-2-1-3-5-14/h1-10,12H,11,13,21H2. The van der Waals surface area contributed by atoms with Gasteiger partial charge in [-0.1, -0.05) is 54.1 Å². The van der Waals surface area contributed by atoms with Gasteiger partial charge in [-0.2, -0.15) is 0 Å². The molecule has 0 saturated carbocycles. The molecule has 0 saturated heterocycles. The second-order valence-corrected chi connectivity index (χ2v) is 5.58. The number of aromatic nitrogens is 1. The SMILES string of the molecule is NCc1ccc(-c2ccc(OCc3ccccc3)nc2)cc1Cl. The van der Waals surface area contributed by atoms with Gasteiger partial charge in [0, 0.05) is 29.4 Å². The lowest BCUT2D eigenvalue weighted by Gasteiger charge is -2.08. The van der Waals surface area contributed by atoms with Gasteiger partial charge in [-0.25, -0.2) is 4.98 Å². The van der Waals surface area contributed by atoms with Crippen molar-refractivity contribution in [3.05, 3.63) is 83.0 Å². The van der Waals surface area contributed by atoms with E-state index in [0.717, 1.165) is 22.3 Å². The summed E-state index contributed by atoms with van der Waals surface area (Å²) >= 11 is 6.20. The van der Waals surface area contributed by atoms with Crippen molar-refractivity contribution in [1.29, 1.82) is 0 Å². The lowest BCUT2D eigenvalue weighted by molar-refractivity contribution is 0.294. The lowest BCUT2D eigenvalue weighted by atomic mass is 10.1. The average molecular weight is 325 g/mol. The van der Waals surface area contributed by atoms with E-state index in [2.05, 4.69) is 4.98 Å². The number of nitrogens with zero attached hydrogens (tertiary/aromatic N) is 1. The van der Waals surface area contributed by atoms with E-state index in [1.807, 2.05) is 60.7 Å². The van der Waals surface area contributed by atoms with Crippen molar-refractivity contribution in [1.82, 2.24) is 4.98 Å². The van der Waals surface area contributed by atoms with Crippen molar-refractivity contribution < 1.29 is 4.74 Å².